The number of hydrogen-bond donors (Lipinski definition) is 3. The molecule has 0 radical (unpaired) electrons. The Labute approximate surface area is 201 Å². The Morgan fingerprint density at radius 1 is 0.912 bits per heavy atom. The smallest absolute Gasteiger partial charge is 0.323 e. The van der Waals surface area contributed by atoms with Gasteiger partial charge in [-0.2, -0.15) is 0 Å². The van der Waals surface area contributed by atoms with Gasteiger partial charge in [0.25, 0.3) is 5.91 Å². The molecule has 6 nitrogen and oxygen atoms in total. The molecule has 0 aromatic heterocycles. The molecular weight excluding hydrogens is 424 g/mol. The molecule has 1 heterocycles. The number of nitrogens with zero attached hydrogens (tertiary/aromatic N) is 1. The Morgan fingerprint density at radius 3 is 2.44 bits per heavy atom. The fraction of sp³-hybridized carbons (Fsp3) is 0.286. The van der Waals surface area contributed by atoms with E-state index in [9.17, 15) is 9.59 Å². The van der Waals surface area contributed by atoms with Crippen LogP contribution in [0.25, 0.3) is 0 Å². The number of nitrogens with one attached hydrogen (secondary N) is 3. The molecule has 3 N–H and O–H groups in total. The van der Waals surface area contributed by atoms with Crippen molar-refractivity contribution in [3.63, 3.8) is 0 Å². The molecule has 176 valence electrons. The van der Waals surface area contributed by atoms with Crippen LogP contribution in [0.5, 0.6) is 0 Å². The maximum Gasteiger partial charge on any atom is 0.323 e. The zero-order valence-corrected chi connectivity index (χ0v) is 20.2. The van der Waals surface area contributed by atoms with E-state index in [4.69, 9.17) is 0 Å². The highest BCUT2D eigenvalue weighted by Gasteiger charge is 2.22. The summed E-state index contributed by atoms with van der Waals surface area (Å²) in [7, 11) is 0. The van der Waals surface area contributed by atoms with Crippen LogP contribution in [0.4, 0.5) is 21.9 Å². The molecule has 3 aromatic carbocycles. The molecule has 3 amide bonds. The minimum atomic E-state index is -0.344. The fourth-order valence-electron chi connectivity index (χ4n) is 4.28. The van der Waals surface area contributed by atoms with Gasteiger partial charge in [0.2, 0.25) is 0 Å². The third kappa shape index (κ3) is 5.22. The first kappa shape index (κ1) is 23.4. The highest BCUT2D eigenvalue weighted by molar-refractivity contribution is 6.04. The number of carbonyl (C=O) groups is 2. The number of amides is 3. The number of rotatable bonds is 5. The van der Waals surface area contributed by atoms with Crippen molar-refractivity contribution in [2.24, 2.45) is 0 Å². The summed E-state index contributed by atoms with van der Waals surface area (Å²) in [6, 6.07) is 19.4. The topological polar surface area (TPSA) is 73.5 Å². The van der Waals surface area contributed by atoms with Crippen LogP contribution in [0.2, 0.25) is 0 Å². The highest BCUT2D eigenvalue weighted by atomic mass is 16.2. The van der Waals surface area contributed by atoms with Gasteiger partial charge in [0.1, 0.15) is 0 Å². The lowest BCUT2D eigenvalue weighted by Gasteiger charge is -2.32. The molecule has 0 spiro atoms. The average molecular weight is 457 g/mol. The first-order valence-electron chi connectivity index (χ1n) is 11.7. The van der Waals surface area contributed by atoms with Gasteiger partial charge < -0.3 is 20.9 Å². The van der Waals surface area contributed by atoms with Gasteiger partial charge in [0, 0.05) is 36.2 Å². The minimum Gasteiger partial charge on any atom is -0.366 e. The summed E-state index contributed by atoms with van der Waals surface area (Å²) in [5, 5.41) is 8.79. The average Bonchev–Trinajstić information content (AvgIpc) is 2.81. The predicted molar refractivity (Wildman–Crippen MR) is 139 cm³/mol. The van der Waals surface area contributed by atoms with Crippen LogP contribution in [0.15, 0.2) is 60.7 Å². The van der Waals surface area contributed by atoms with Crippen LogP contribution in [0.1, 0.15) is 46.5 Å². The SMILES string of the molecule is Cc1cccc(NC(=O)Nc2ccc(N3CCc4ccccc4C3)c(C(=O)NC(C)C)c2)c1C. The fourth-order valence-corrected chi connectivity index (χ4v) is 4.28. The van der Waals surface area contributed by atoms with Crippen molar-refractivity contribution < 1.29 is 9.59 Å². The van der Waals surface area contributed by atoms with E-state index in [0.717, 1.165) is 42.0 Å². The van der Waals surface area contributed by atoms with E-state index in [0.29, 0.717) is 11.3 Å². The van der Waals surface area contributed by atoms with Crippen molar-refractivity contribution in [1.29, 1.82) is 0 Å². The Morgan fingerprint density at radius 2 is 1.68 bits per heavy atom. The summed E-state index contributed by atoms with van der Waals surface area (Å²) in [6.07, 6.45) is 0.930. The van der Waals surface area contributed by atoms with E-state index in [1.54, 1.807) is 6.07 Å². The van der Waals surface area contributed by atoms with E-state index in [1.807, 2.05) is 58.0 Å². The zero-order valence-electron chi connectivity index (χ0n) is 20.2. The second-order valence-electron chi connectivity index (χ2n) is 9.13. The Balaban J connectivity index is 1.58. The third-order valence-corrected chi connectivity index (χ3v) is 6.24. The number of urea groups is 1. The number of carbonyl (C=O) groups excluding carboxylic acids is 2. The summed E-state index contributed by atoms with van der Waals surface area (Å²) in [5.41, 5.74) is 7.52. The molecule has 1 aliphatic rings. The minimum absolute atomic E-state index is 0.00615. The number of benzene rings is 3. The van der Waals surface area contributed by atoms with Gasteiger partial charge >= 0.3 is 6.03 Å². The molecule has 0 fully saturated rings. The lowest BCUT2D eigenvalue weighted by atomic mass is 9.98. The van der Waals surface area contributed by atoms with Crippen molar-refractivity contribution in [2.45, 2.75) is 46.7 Å². The molecule has 0 bridgehead atoms. The van der Waals surface area contributed by atoms with Gasteiger partial charge in [-0.3, -0.25) is 4.79 Å². The standard InChI is InChI=1S/C28H32N4O2/c1-18(2)29-27(33)24-16-23(30-28(34)31-25-11-7-8-19(3)20(25)4)12-13-26(24)32-15-14-21-9-5-6-10-22(21)17-32/h5-13,16,18H,14-15,17H2,1-4H3,(H,29,33)(H2,30,31,34). The number of anilines is 3. The van der Waals surface area contributed by atoms with Gasteiger partial charge in [-0.1, -0.05) is 36.4 Å². The summed E-state index contributed by atoms with van der Waals surface area (Å²) in [6.45, 7) is 9.44. The van der Waals surface area contributed by atoms with E-state index < -0.39 is 0 Å². The van der Waals surface area contributed by atoms with E-state index in [2.05, 4.69) is 45.1 Å². The van der Waals surface area contributed by atoms with Crippen molar-refractivity contribution in [3.05, 3.63) is 88.5 Å². The van der Waals surface area contributed by atoms with Crippen molar-refractivity contribution in [2.75, 3.05) is 22.1 Å². The van der Waals surface area contributed by atoms with E-state index >= 15 is 0 Å². The van der Waals surface area contributed by atoms with Crippen LogP contribution in [0.3, 0.4) is 0 Å². The van der Waals surface area contributed by atoms with Crippen LogP contribution in [-0.2, 0) is 13.0 Å². The molecule has 6 heteroatoms. The van der Waals surface area contributed by atoms with Gasteiger partial charge in [-0.25, -0.2) is 4.79 Å². The van der Waals surface area contributed by atoms with Crippen LogP contribution in [0, 0.1) is 13.8 Å². The normalized spacial score (nSPS) is 12.8. The molecule has 0 saturated carbocycles. The maximum absolute atomic E-state index is 13.1. The lowest BCUT2D eigenvalue weighted by Crippen LogP contribution is -2.35. The van der Waals surface area contributed by atoms with Crippen molar-refractivity contribution >= 4 is 29.0 Å². The summed E-state index contributed by atoms with van der Waals surface area (Å²) >= 11 is 0. The Kier molecular flexibility index (Phi) is 6.87. The van der Waals surface area contributed by atoms with E-state index in [1.165, 1.54) is 11.1 Å². The third-order valence-electron chi connectivity index (χ3n) is 6.24. The summed E-state index contributed by atoms with van der Waals surface area (Å²) in [4.78, 5) is 28.0. The van der Waals surface area contributed by atoms with Gasteiger partial charge in [-0.05, 0) is 80.6 Å². The molecule has 0 saturated heterocycles. The largest absolute Gasteiger partial charge is 0.366 e. The Hall–Kier alpha value is -3.80. The molecular formula is C28H32N4O2. The summed E-state index contributed by atoms with van der Waals surface area (Å²) in [5.74, 6) is -0.151. The van der Waals surface area contributed by atoms with Crippen LogP contribution < -0.4 is 20.9 Å². The molecule has 0 atom stereocenters. The first-order valence-corrected chi connectivity index (χ1v) is 11.7. The molecule has 0 unspecified atom stereocenters. The number of fused-ring (bicyclic) bond motifs is 1. The van der Waals surface area contributed by atoms with Gasteiger partial charge in [-0.15, -0.1) is 0 Å². The number of aryl methyl sites for hydroxylation is 1. The molecule has 34 heavy (non-hydrogen) atoms. The molecule has 3 aromatic rings. The number of hydrogen-bond acceptors (Lipinski definition) is 3. The van der Waals surface area contributed by atoms with Crippen molar-refractivity contribution in [1.82, 2.24) is 5.32 Å². The highest BCUT2D eigenvalue weighted by Crippen LogP contribution is 2.30. The van der Waals surface area contributed by atoms with Crippen molar-refractivity contribution in [3.8, 4) is 0 Å². The second-order valence-corrected chi connectivity index (χ2v) is 9.13. The maximum atomic E-state index is 13.1. The summed E-state index contributed by atoms with van der Waals surface area (Å²) < 4.78 is 0. The zero-order chi connectivity index (χ0) is 24.2. The quantitative estimate of drug-likeness (QED) is 0.465. The Bertz CT molecular complexity index is 1220. The first-order chi connectivity index (χ1) is 16.3. The van der Waals surface area contributed by atoms with Crippen LogP contribution >= 0.6 is 0 Å². The molecule has 4 rings (SSSR count). The molecule has 1 aliphatic heterocycles. The lowest BCUT2D eigenvalue weighted by molar-refractivity contribution is 0.0943. The van der Waals surface area contributed by atoms with Crippen LogP contribution in [-0.4, -0.2) is 24.5 Å². The van der Waals surface area contributed by atoms with E-state index in [-0.39, 0.29) is 18.0 Å². The second kappa shape index (κ2) is 10.00. The van der Waals surface area contributed by atoms with Gasteiger partial charge in [0.15, 0.2) is 0 Å². The molecule has 0 aliphatic carbocycles. The monoisotopic (exact) mass is 456 g/mol. The predicted octanol–water partition coefficient (Wildman–Crippen LogP) is 5.65. The van der Waals surface area contributed by atoms with Gasteiger partial charge in [0.05, 0.1) is 5.56 Å².